The molecule has 2 aromatic heterocycles. The first-order chi connectivity index (χ1) is 9.90. The molecule has 0 fully saturated rings. The van der Waals surface area contributed by atoms with Crippen molar-refractivity contribution < 1.29 is 0 Å². The molecule has 0 radical (unpaired) electrons. The van der Waals surface area contributed by atoms with Gasteiger partial charge in [-0.3, -0.25) is 0 Å². The number of imidazole rings is 1. The van der Waals surface area contributed by atoms with Gasteiger partial charge in [0.1, 0.15) is 11.3 Å². The predicted molar refractivity (Wildman–Crippen MR) is 89.0 cm³/mol. The maximum absolute atomic E-state index is 4.77. The number of nitrogens with one attached hydrogen (secondary N) is 1. The molecular weight excluding hydrogens is 262 g/mol. The third-order valence-electron chi connectivity index (χ3n) is 3.60. The van der Waals surface area contributed by atoms with E-state index in [0.717, 1.165) is 30.1 Å². The van der Waals surface area contributed by atoms with E-state index in [1.165, 1.54) is 5.56 Å². The van der Waals surface area contributed by atoms with Gasteiger partial charge in [0.15, 0.2) is 5.65 Å². The second-order valence-corrected chi connectivity index (χ2v) is 6.40. The monoisotopic (exact) mass is 289 g/mol. The van der Waals surface area contributed by atoms with Gasteiger partial charge in [-0.15, -0.1) is 0 Å². The second kappa shape index (κ2) is 6.43. The largest absolute Gasteiger partial charge is 0.369 e. The summed E-state index contributed by atoms with van der Waals surface area (Å²) in [7, 11) is 4.15. The van der Waals surface area contributed by atoms with Crippen LogP contribution in [0.5, 0.6) is 0 Å². The van der Waals surface area contributed by atoms with Gasteiger partial charge in [0.2, 0.25) is 0 Å². The maximum Gasteiger partial charge on any atom is 0.162 e. The summed E-state index contributed by atoms with van der Waals surface area (Å²) in [4.78, 5) is 11.5. The molecule has 0 unspecified atom stereocenters. The number of nitrogens with zero attached hydrogens (tertiary/aromatic N) is 4. The van der Waals surface area contributed by atoms with Crippen molar-refractivity contribution in [1.82, 2.24) is 19.4 Å². The van der Waals surface area contributed by atoms with Crippen LogP contribution in [0, 0.1) is 0 Å². The van der Waals surface area contributed by atoms with Crippen LogP contribution in [0.4, 0.5) is 5.82 Å². The van der Waals surface area contributed by atoms with Gasteiger partial charge in [0.25, 0.3) is 0 Å². The van der Waals surface area contributed by atoms with E-state index in [9.17, 15) is 0 Å². The van der Waals surface area contributed by atoms with E-state index in [0.29, 0.717) is 12.0 Å². The van der Waals surface area contributed by atoms with Crippen LogP contribution in [0.3, 0.4) is 0 Å². The van der Waals surface area contributed by atoms with Gasteiger partial charge in [-0.25, -0.2) is 9.97 Å². The van der Waals surface area contributed by atoms with Crippen molar-refractivity contribution in [3.05, 3.63) is 18.0 Å². The summed E-state index contributed by atoms with van der Waals surface area (Å²) in [5, 5.41) is 3.43. The molecule has 5 heteroatoms. The third kappa shape index (κ3) is 3.53. The van der Waals surface area contributed by atoms with Crippen LogP contribution in [0.1, 0.15) is 45.2 Å². The Labute approximate surface area is 127 Å². The minimum atomic E-state index is 0.361. The van der Waals surface area contributed by atoms with Crippen LogP contribution in [-0.2, 0) is 0 Å². The quantitative estimate of drug-likeness (QED) is 0.887. The molecule has 0 aliphatic carbocycles. The summed E-state index contributed by atoms with van der Waals surface area (Å²) >= 11 is 0. The van der Waals surface area contributed by atoms with Crippen molar-refractivity contribution in [2.75, 3.05) is 32.5 Å². The number of fused-ring (bicyclic) bond motifs is 1. The minimum Gasteiger partial charge on any atom is -0.369 e. The molecule has 0 bridgehead atoms. The molecule has 0 saturated carbocycles. The standard InChI is InChI=1S/C16H27N5/c1-11(2)13-9-14(17-7-8-20(5)6)19-16-15(13)18-10-21(16)12(3)4/h9-12H,7-8H2,1-6H3,(H,17,19). The molecule has 2 aromatic rings. The molecule has 1 N–H and O–H groups in total. The Morgan fingerprint density at radius 1 is 1.24 bits per heavy atom. The predicted octanol–water partition coefficient (Wildman–Crippen LogP) is 3.11. The molecule has 0 atom stereocenters. The maximum atomic E-state index is 4.77. The van der Waals surface area contributed by atoms with Crippen molar-refractivity contribution >= 4 is 17.0 Å². The van der Waals surface area contributed by atoms with Gasteiger partial charge < -0.3 is 14.8 Å². The number of pyridine rings is 1. The lowest BCUT2D eigenvalue weighted by molar-refractivity contribution is 0.425. The molecule has 21 heavy (non-hydrogen) atoms. The van der Waals surface area contributed by atoms with Crippen molar-refractivity contribution in [2.45, 2.75) is 39.7 Å². The lowest BCUT2D eigenvalue weighted by atomic mass is 10.0. The van der Waals surface area contributed by atoms with Crippen LogP contribution in [0.15, 0.2) is 12.4 Å². The lowest BCUT2D eigenvalue weighted by Crippen LogP contribution is -2.21. The Morgan fingerprint density at radius 2 is 1.95 bits per heavy atom. The zero-order chi connectivity index (χ0) is 15.6. The SMILES string of the molecule is CC(C)c1cc(NCCN(C)C)nc2c1ncn2C(C)C. The number of anilines is 1. The first kappa shape index (κ1) is 15.8. The molecule has 0 spiro atoms. The number of aromatic nitrogens is 3. The van der Waals surface area contributed by atoms with E-state index in [1.54, 1.807) is 0 Å². The summed E-state index contributed by atoms with van der Waals surface area (Å²) in [6.45, 7) is 10.6. The highest BCUT2D eigenvalue weighted by molar-refractivity contribution is 5.78. The summed E-state index contributed by atoms with van der Waals surface area (Å²) in [5.74, 6) is 1.37. The van der Waals surface area contributed by atoms with E-state index < -0.39 is 0 Å². The minimum absolute atomic E-state index is 0.361. The third-order valence-corrected chi connectivity index (χ3v) is 3.60. The van der Waals surface area contributed by atoms with Gasteiger partial charge in [0, 0.05) is 19.1 Å². The number of rotatable bonds is 6. The van der Waals surface area contributed by atoms with Crippen LogP contribution in [0.25, 0.3) is 11.2 Å². The highest BCUT2D eigenvalue weighted by atomic mass is 15.1. The Morgan fingerprint density at radius 3 is 2.52 bits per heavy atom. The zero-order valence-corrected chi connectivity index (χ0v) is 14.0. The van der Waals surface area contributed by atoms with Crippen molar-refractivity contribution in [1.29, 1.82) is 0 Å². The molecule has 0 saturated heterocycles. The van der Waals surface area contributed by atoms with E-state index >= 15 is 0 Å². The fraction of sp³-hybridized carbons (Fsp3) is 0.625. The summed E-state index contributed by atoms with van der Waals surface area (Å²) in [6.07, 6.45) is 1.90. The topological polar surface area (TPSA) is 46.0 Å². The summed E-state index contributed by atoms with van der Waals surface area (Å²) < 4.78 is 2.14. The highest BCUT2D eigenvalue weighted by Crippen LogP contribution is 2.27. The first-order valence-corrected chi connectivity index (χ1v) is 7.66. The van der Waals surface area contributed by atoms with E-state index in [1.807, 2.05) is 6.33 Å². The van der Waals surface area contributed by atoms with E-state index in [4.69, 9.17) is 4.98 Å². The summed E-state index contributed by atoms with van der Waals surface area (Å²) in [5.41, 5.74) is 3.26. The molecule has 5 nitrogen and oxygen atoms in total. The van der Waals surface area contributed by atoms with Gasteiger partial charge >= 0.3 is 0 Å². The van der Waals surface area contributed by atoms with E-state index in [-0.39, 0.29) is 0 Å². The van der Waals surface area contributed by atoms with E-state index in [2.05, 4.69) is 67.6 Å². The average molecular weight is 289 g/mol. The van der Waals surface area contributed by atoms with Crippen LogP contribution >= 0.6 is 0 Å². The molecule has 0 aromatic carbocycles. The van der Waals surface area contributed by atoms with Crippen molar-refractivity contribution in [2.24, 2.45) is 0 Å². The molecule has 116 valence electrons. The molecule has 0 aliphatic rings. The normalized spacial score (nSPS) is 12.0. The fourth-order valence-corrected chi connectivity index (χ4v) is 2.35. The highest BCUT2D eigenvalue weighted by Gasteiger charge is 2.15. The smallest absolute Gasteiger partial charge is 0.162 e. The second-order valence-electron chi connectivity index (χ2n) is 6.40. The Balaban J connectivity index is 2.40. The molecule has 0 aliphatic heterocycles. The first-order valence-electron chi connectivity index (χ1n) is 7.66. The number of likely N-dealkylation sites (N-methyl/N-ethyl adjacent to an activating group) is 1. The zero-order valence-electron chi connectivity index (χ0n) is 14.0. The van der Waals surface area contributed by atoms with Crippen molar-refractivity contribution in [3.8, 4) is 0 Å². The van der Waals surface area contributed by atoms with Gasteiger partial charge in [-0.1, -0.05) is 13.8 Å². The summed E-state index contributed by atoms with van der Waals surface area (Å²) in [6, 6.07) is 2.50. The van der Waals surface area contributed by atoms with Crippen LogP contribution < -0.4 is 5.32 Å². The Kier molecular flexibility index (Phi) is 4.83. The number of hydrogen-bond acceptors (Lipinski definition) is 4. The fourth-order valence-electron chi connectivity index (χ4n) is 2.35. The van der Waals surface area contributed by atoms with Gasteiger partial charge in [-0.2, -0.15) is 0 Å². The Hall–Kier alpha value is -1.62. The Bertz CT molecular complexity index is 598. The van der Waals surface area contributed by atoms with Crippen LogP contribution in [0.2, 0.25) is 0 Å². The van der Waals surface area contributed by atoms with Crippen molar-refractivity contribution in [3.63, 3.8) is 0 Å². The molecule has 0 amide bonds. The lowest BCUT2D eigenvalue weighted by Gasteiger charge is -2.14. The van der Waals surface area contributed by atoms with Gasteiger partial charge in [-0.05, 0) is 45.5 Å². The molecular formula is C16H27N5. The molecule has 2 rings (SSSR count). The molecule has 2 heterocycles. The number of hydrogen-bond donors (Lipinski definition) is 1. The average Bonchev–Trinajstić information content (AvgIpc) is 2.80. The van der Waals surface area contributed by atoms with Crippen LogP contribution in [-0.4, -0.2) is 46.6 Å². The van der Waals surface area contributed by atoms with Gasteiger partial charge in [0.05, 0.1) is 6.33 Å².